The van der Waals surface area contributed by atoms with Gasteiger partial charge in [-0.15, -0.1) is 0 Å². The maximum absolute atomic E-state index is 12.5. The predicted octanol–water partition coefficient (Wildman–Crippen LogP) is 2.38. The Balaban J connectivity index is 1.80. The number of sulfonamides is 1. The van der Waals surface area contributed by atoms with E-state index in [1.807, 2.05) is 0 Å². The van der Waals surface area contributed by atoms with Crippen molar-refractivity contribution in [3.63, 3.8) is 0 Å². The summed E-state index contributed by atoms with van der Waals surface area (Å²) in [4.78, 5) is 23.3. The van der Waals surface area contributed by atoms with Gasteiger partial charge in [-0.05, 0) is 56.3 Å². The van der Waals surface area contributed by atoms with Crippen molar-refractivity contribution in [2.24, 2.45) is 0 Å². The summed E-state index contributed by atoms with van der Waals surface area (Å²) in [6.45, 7) is 3.54. The molecule has 2 aromatic rings. The normalized spacial score (nSPS) is 15.9. The number of anilines is 2. The summed E-state index contributed by atoms with van der Waals surface area (Å²) in [6.07, 6.45) is -0.613. The highest BCUT2D eigenvalue weighted by Gasteiger charge is 2.24. The van der Waals surface area contributed by atoms with Crippen molar-refractivity contribution in [2.45, 2.75) is 24.8 Å². The van der Waals surface area contributed by atoms with Gasteiger partial charge in [0, 0.05) is 0 Å². The van der Waals surface area contributed by atoms with Gasteiger partial charge in [-0.1, -0.05) is 0 Å². The Morgan fingerprint density at radius 2 is 1.93 bits per heavy atom. The number of ether oxygens (including phenoxy) is 2. The highest BCUT2D eigenvalue weighted by Crippen LogP contribution is 2.32. The molecular weight excluding hydrogens is 372 g/mol. The smallest absolute Gasteiger partial charge is 0.338 e. The molecule has 0 unspecified atom stereocenters. The number of carbonyl (C=O) groups excluding carboxylic acids is 2. The molecule has 0 spiro atoms. The molecule has 0 aromatic heterocycles. The highest BCUT2D eigenvalue weighted by molar-refractivity contribution is 7.92. The van der Waals surface area contributed by atoms with Gasteiger partial charge in [0.2, 0.25) is 0 Å². The quantitative estimate of drug-likeness (QED) is 0.759. The zero-order valence-corrected chi connectivity index (χ0v) is 15.5. The number of benzene rings is 2. The van der Waals surface area contributed by atoms with Crippen LogP contribution in [0.5, 0.6) is 5.75 Å². The molecule has 3 rings (SSSR count). The topological polar surface area (TPSA) is 111 Å². The minimum absolute atomic E-state index is 0.0119. The molecule has 0 saturated carbocycles. The molecular formula is C18H18N2O6S. The first kappa shape index (κ1) is 18.7. The highest BCUT2D eigenvalue weighted by atomic mass is 32.2. The Labute approximate surface area is 156 Å². The first-order valence-corrected chi connectivity index (χ1v) is 9.70. The standard InChI is InChI=1S/C18H18N2O6S/c1-3-25-18(22)12-4-7-14(8-5-12)27(23,24)20-13-6-9-16-15(10-13)19-17(21)11(2)26-16/h4-11,20H,3H2,1-2H3,(H,19,21)/t11-/m1/s1. The molecule has 2 N–H and O–H groups in total. The summed E-state index contributed by atoms with van der Waals surface area (Å²) < 4.78 is 37.8. The van der Waals surface area contributed by atoms with Crippen LogP contribution in [0.4, 0.5) is 11.4 Å². The molecule has 0 radical (unpaired) electrons. The van der Waals surface area contributed by atoms with Gasteiger partial charge in [0.1, 0.15) is 5.75 Å². The van der Waals surface area contributed by atoms with Crippen molar-refractivity contribution >= 4 is 33.3 Å². The molecule has 0 saturated heterocycles. The van der Waals surface area contributed by atoms with Crippen LogP contribution in [0.25, 0.3) is 0 Å². The SMILES string of the molecule is CCOC(=O)c1ccc(S(=O)(=O)Nc2ccc3c(c2)NC(=O)[C@@H](C)O3)cc1. The number of amides is 1. The van der Waals surface area contributed by atoms with Crippen LogP contribution in [0.3, 0.4) is 0 Å². The molecule has 0 aliphatic carbocycles. The van der Waals surface area contributed by atoms with Crippen molar-refractivity contribution in [1.82, 2.24) is 0 Å². The fraction of sp³-hybridized carbons (Fsp3) is 0.222. The van der Waals surface area contributed by atoms with Crippen molar-refractivity contribution in [1.29, 1.82) is 0 Å². The van der Waals surface area contributed by atoms with Crippen molar-refractivity contribution in [3.8, 4) is 5.75 Å². The fourth-order valence-electron chi connectivity index (χ4n) is 2.47. The molecule has 2 aromatic carbocycles. The van der Waals surface area contributed by atoms with Gasteiger partial charge in [0.15, 0.2) is 6.10 Å². The van der Waals surface area contributed by atoms with E-state index in [2.05, 4.69) is 10.0 Å². The lowest BCUT2D eigenvalue weighted by Gasteiger charge is -2.23. The lowest BCUT2D eigenvalue weighted by molar-refractivity contribution is -0.122. The third-order valence-corrected chi connectivity index (χ3v) is 5.24. The zero-order valence-electron chi connectivity index (χ0n) is 14.7. The number of hydrogen-bond acceptors (Lipinski definition) is 6. The summed E-state index contributed by atoms with van der Waals surface area (Å²) in [7, 11) is -3.87. The maximum atomic E-state index is 12.5. The number of esters is 1. The molecule has 0 bridgehead atoms. The van der Waals surface area contributed by atoms with Crippen LogP contribution in [-0.2, 0) is 19.6 Å². The van der Waals surface area contributed by atoms with Crippen LogP contribution in [-0.4, -0.2) is 33.0 Å². The van der Waals surface area contributed by atoms with Crippen molar-refractivity contribution < 1.29 is 27.5 Å². The zero-order chi connectivity index (χ0) is 19.6. The van der Waals surface area contributed by atoms with E-state index in [0.717, 1.165) is 0 Å². The summed E-state index contributed by atoms with van der Waals surface area (Å²) >= 11 is 0. The third-order valence-electron chi connectivity index (χ3n) is 3.84. The number of rotatable bonds is 5. The second kappa shape index (κ2) is 7.28. The second-order valence-corrected chi connectivity index (χ2v) is 7.49. The number of nitrogens with one attached hydrogen (secondary N) is 2. The largest absolute Gasteiger partial charge is 0.479 e. The number of hydrogen-bond donors (Lipinski definition) is 2. The van der Waals surface area contributed by atoms with E-state index in [0.29, 0.717) is 11.4 Å². The van der Waals surface area contributed by atoms with E-state index in [-0.39, 0.29) is 28.7 Å². The summed E-state index contributed by atoms with van der Waals surface area (Å²) in [5, 5.41) is 2.66. The molecule has 27 heavy (non-hydrogen) atoms. The summed E-state index contributed by atoms with van der Waals surface area (Å²) in [5.41, 5.74) is 0.913. The minimum Gasteiger partial charge on any atom is -0.479 e. The molecule has 142 valence electrons. The van der Waals surface area contributed by atoms with E-state index in [1.165, 1.54) is 36.4 Å². The van der Waals surface area contributed by atoms with Gasteiger partial charge < -0.3 is 14.8 Å². The monoisotopic (exact) mass is 390 g/mol. The van der Waals surface area contributed by atoms with Gasteiger partial charge in [-0.25, -0.2) is 13.2 Å². The van der Waals surface area contributed by atoms with Crippen LogP contribution in [0.2, 0.25) is 0 Å². The van der Waals surface area contributed by atoms with E-state index in [4.69, 9.17) is 9.47 Å². The van der Waals surface area contributed by atoms with Gasteiger partial charge in [0.05, 0.1) is 28.4 Å². The second-order valence-electron chi connectivity index (χ2n) is 5.81. The summed E-state index contributed by atoms with van der Waals surface area (Å²) in [5.74, 6) is -0.366. The molecule has 1 amide bonds. The molecule has 1 aliphatic rings. The Bertz CT molecular complexity index is 985. The minimum atomic E-state index is -3.87. The van der Waals surface area contributed by atoms with Gasteiger partial charge >= 0.3 is 5.97 Å². The lowest BCUT2D eigenvalue weighted by atomic mass is 10.2. The third kappa shape index (κ3) is 4.03. The van der Waals surface area contributed by atoms with E-state index in [1.54, 1.807) is 19.9 Å². The first-order chi connectivity index (χ1) is 12.8. The maximum Gasteiger partial charge on any atom is 0.338 e. The van der Waals surface area contributed by atoms with Gasteiger partial charge in [-0.2, -0.15) is 0 Å². The number of carbonyl (C=O) groups is 2. The van der Waals surface area contributed by atoms with Gasteiger partial charge in [-0.3, -0.25) is 9.52 Å². The van der Waals surface area contributed by atoms with E-state index < -0.39 is 22.1 Å². The molecule has 1 aliphatic heterocycles. The van der Waals surface area contributed by atoms with Crippen LogP contribution in [0, 0.1) is 0 Å². The van der Waals surface area contributed by atoms with Crippen molar-refractivity contribution in [3.05, 3.63) is 48.0 Å². The Morgan fingerprint density at radius 1 is 1.22 bits per heavy atom. The molecule has 9 heteroatoms. The molecule has 1 heterocycles. The van der Waals surface area contributed by atoms with Crippen LogP contribution in [0.1, 0.15) is 24.2 Å². The van der Waals surface area contributed by atoms with E-state index >= 15 is 0 Å². The van der Waals surface area contributed by atoms with Crippen LogP contribution < -0.4 is 14.8 Å². The Hall–Kier alpha value is -3.07. The van der Waals surface area contributed by atoms with Crippen molar-refractivity contribution in [2.75, 3.05) is 16.6 Å². The summed E-state index contributed by atoms with van der Waals surface area (Å²) in [6, 6.07) is 9.99. The Morgan fingerprint density at radius 3 is 2.59 bits per heavy atom. The molecule has 1 atom stereocenters. The lowest BCUT2D eigenvalue weighted by Crippen LogP contribution is -2.34. The molecule has 8 nitrogen and oxygen atoms in total. The predicted molar refractivity (Wildman–Crippen MR) is 98.4 cm³/mol. The van der Waals surface area contributed by atoms with Crippen LogP contribution >= 0.6 is 0 Å². The average molecular weight is 390 g/mol. The average Bonchev–Trinajstić information content (AvgIpc) is 2.63. The first-order valence-electron chi connectivity index (χ1n) is 8.21. The molecule has 0 fully saturated rings. The van der Waals surface area contributed by atoms with E-state index in [9.17, 15) is 18.0 Å². The Kier molecular flexibility index (Phi) is 5.04. The van der Waals surface area contributed by atoms with Gasteiger partial charge in [0.25, 0.3) is 15.9 Å². The van der Waals surface area contributed by atoms with Crippen LogP contribution in [0.15, 0.2) is 47.4 Å². The number of fused-ring (bicyclic) bond motifs is 1. The fourth-order valence-corrected chi connectivity index (χ4v) is 3.52.